The highest BCUT2D eigenvalue weighted by molar-refractivity contribution is 5.45. The van der Waals surface area contributed by atoms with E-state index in [1.54, 1.807) is 11.1 Å². The number of likely N-dealkylation sites (N-methyl/N-ethyl adjacent to an activating group) is 1. The fraction of sp³-hybridized carbons (Fsp3) is 0.714. The van der Waals surface area contributed by atoms with Gasteiger partial charge in [-0.1, -0.05) is 32.3 Å². The lowest BCUT2D eigenvalue weighted by Gasteiger charge is -2.58. The number of nitrogens with zero attached hydrogens (tertiary/aromatic N) is 1. The van der Waals surface area contributed by atoms with E-state index in [4.69, 9.17) is 4.74 Å². The zero-order valence-corrected chi connectivity index (χ0v) is 14.8. The summed E-state index contributed by atoms with van der Waals surface area (Å²) >= 11 is 0. The third kappa shape index (κ3) is 2.50. The smallest absolute Gasteiger partial charge is 0.119 e. The van der Waals surface area contributed by atoms with E-state index in [2.05, 4.69) is 37.1 Å². The molecule has 23 heavy (non-hydrogen) atoms. The molecule has 1 saturated heterocycles. The van der Waals surface area contributed by atoms with Gasteiger partial charge in [0.15, 0.2) is 0 Å². The number of ether oxygens (including phenoxy) is 1. The Hall–Kier alpha value is -1.02. The number of rotatable bonds is 4. The standard InChI is InChI=1S/C21H31NO/c1-3-4-13-23-17-9-8-16-14-20-18-7-5-6-10-21(18,19(16)15-17)11-12-22(20)2/h8-9,15,18,20H,3-7,10-14H2,1-2H3/t18?,20-,21-/m0/s1. The first-order chi connectivity index (χ1) is 11.2. The summed E-state index contributed by atoms with van der Waals surface area (Å²) in [4.78, 5) is 2.64. The maximum absolute atomic E-state index is 6.04. The van der Waals surface area contributed by atoms with Gasteiger partial charge in [0.25, 0.3) is 0 Å². The van der Waals surface area contributed by atoms with Gasteiger partial charge in [0, 0.05) is 11.5 Å². The van der Waals surface area contributed by atoms with Crippen molar-refractivity contribution in [2.75, 3.05) is 20.2 Å². The second-order valence-electron chi connectivity index (χ2n) is 8.03. The molecule has 0 aromatic heterocycles. The SMILES string of the molecule is CCCCOc1ccc2c(c1)[C@]13CCCCC1[C@H](C2)N(C)CC3. The molecule has 2 heteroatoms. The molecule has 2 nitrogen and oxygen atoms in total. The Morgan fingerprint density at radius 3 is 3.04 bits per heavy atom. The van der Waals surface area contributed by atoms with Crippen molar-refractivity contribution in [1.29, 1.82) is 0 Å². The molecule has 3 aliphatic rings. The van der Waals surface area contributed by atoms with Crippen molar-refractivity contribution in [2.24, 2.45) is 5.92 Å². The molecule has 1 unspecified atom stereocenters. The van der Waals surface area contributed by atoms with Crippen LogP contribution in [0.2, 0.25) is 0 Å². The van der Waals surface area contributed by atoms with Gasteiger partial charge in [0.2, 0.25) is 0 Å². The molecule has 1 heterocycles. The highest BCUT2D eigenvalue weighted by atomic mass is 16.5. The normalized spacial score (nSPS) is 33.0. The van der Waals surface area contributed by atoms with Gasteiger partial charge in [-0.15, -0.1) is 0 Å². The average molecular weight is 313 g/mol. The molecule has 1 aromatic rings. The minimum atomic E-state index is 0.452. The summed E-state index contributed by atoms with van der Waals surface area (Å²) in [7, 11) is 2.34. The fourth-order valence-corrected chi connectivity index (χ4v) is 5.60. The Balaban J connectivity index is 1.70. The first-order valence-electron chi connectivity index (χ1n) is 9.71. The van der Waals surface area contributed by atoms with Gasteiger partial charge in [-0.2, -0.15) is 0 Å². The lowest BCUT2D eigenvalue weighted by Crippen LogP contribution is -2.59. The maximum atomic E-state index is 6.04. The van der Waals surface area contributed by atoms with Crippen LogP contribution in [0.1, 0.15) is 63.0 Å². The van der Waals surface area contributed by atoms with Crippen LogP contribution in [0.25, 0.3) is 0 Å². The van der Waals surface area contributed by atoms with Crippen LogP contribution in [0.15, 0.2) is 18.2 Å². The zero-order valence-electron chi connectivity index (χ0n) is 14.8. The fourth-order valence-electron chi connectivity index (χ4n) is 5.60. The number of hydrogen-bond donors (Lipinski definition) is 0. The summed E-state index contributed by atoms with van der Waals surface area (Å²) in [5.41, 5.74) is 3.70. The molecule has 126 valence electrons. The van der Waals surface area contributed by atoms with Crippen LogP contribution in [0.3, 0.4) is 0 Å². The molecule has 0 amide bonds. The minimum Gasteiger partial charge on any atom is -0.494 e. The number of likely N-dealkylation sites (tertiary alicyclic amines) is 1. The summed E-state index contributed by atoms with van der Waals surface area (Å²) < 4.78 is 6.04. The third-order valence-electron chi connectivity index (χ3n) is 6.85. The van der Waals surface area contributed by atoms with Gasteiger partial charge >= 0.3 is 0 Å². The van der Waals surface area contributed by atoms with E-state index in [1.807, 2.05) is 0 Å². The Kier molecular flexibility index (Phi) is 4.13. The molecule has 0 spiro atoms. The molecule has 1 aliphatic heterocycles. The van der Waals surface area contributed by atoms with E-state index in [9.17, 15) is 0 Å². The summed E-state index contributed by atoms with van der Waals surface area (Å²) in [6.07, 6.45) is 10.6. The lowest BCUT2D eigenvalue weighted by atomic mass is 9.52. The van der Waals surface area contributed by atoms with E-state index in [1.165, 1.54) is 51.5 Å². The van der Waals surface area contributed by atoms with Gasteiger partial charge in [-0.3, -0.25) is 0 Å². The number of hydrogen-bond acceptors (Lipinski definition) is 2. The van der Waals surface area contributed by atoms with Crippen LogP contribution in [0, 0.1) is 5.92 Å². The Bertz CT molecular complexity index is 569. The first-order valence-corrected chi connectivity index (χ1v) is 9.71. The van der Waals surface area contributed by atoms with Crippen molar-refractivity contribution in [2.45, 2.75) is 69.7 Å². The summed E-state index contributed by atoms with van der Waals surface area (Å²) in [5.74, 6) is 1.97. The Morgan fingerprint density at radius 2 is 2.17 bits per heavy atom. The highest BCUT2D eigenvalue weighted by Crippen LogP contribution is 2.55. The van der Waals surface area contributed by atoms with Crippen molar-refractivity contribution >= 4 is 0 Å². The second kappa shape index (κ2) is 6.12. The van der Waals surface area contributed by atoms with Gasteiger partial charge in [0.1, 0.15) is 5.75 Å². The molecule has 1 saturated carbocycles. The Morgan fingerprint density at radius 1 is 1.26 bits per heavy atom. The molecular weight excluding hydrogens is 282 g/mol. The van der Waals surface area contributed by atoms with Crippen LogP contribution >= 0.6 is 0 Å². The molecule has 1 aromatic carbocycles. The number of unbranched alkanes of at least 4 members (excludes halogenated alkanes) is 1. The maximum Gasteiger partial charge on any atom is 0.119 e. The highest BCUT2D eigenvalue weighted by Gasteiger charge is 2.53. The predicted octanol–water partition coefficient (Wildman–Crippen LogP) is 4.55. The molecule has 2 bridgehead atoms. The topological polar surface area (TPSA) is 12.5 Å². The Labute approximate surface area is 141 Å². The van der Waals surface area contributed by atoms with Crippen molar-refractivity contribution in [3.8, 4) is 5.75 Å². The van der Waals surface area contributed by atoms with E-state index < -0.39 is 0 Å². The molecular formula is C21H31NO. The summed E-state index contributed by atoms with van der Waals surface area (Å²) in [5, 5.41) is 0. The van der Waals surface area contributed by atoms with Crippen molar-refractivity contribution in [3.63, 3.8) is 0 Å². The monoisotopic (exact) mass is 313 g/mol. The molecule has 0 radical (unpaired) electrons. The largest absolute Gasteiger partial charge is 0.494 e. The number of fused-ring (bicyclic) bond motifs is 1. The van der Waals surface area contributed by atoms with Crippen LogP contribution in [0.5, 0.6) is 5.75 Å². The van der Waals surface area contributed by atoms with Gasteiger partial charge in [0.05, 0.1) is 6.61 Å². The van der Waals surface area contributed by atoms with E-state index in [0.29, 0.717) is 5.41 Å². The minimum absolute atomic E-state index is 0.452. The molecule has 4 rings (SSSR count). The van der Waals surface area contributed by atoms with Gasteiger partial charge < -0.3 is 9.64 Å². The van der Waals surface area contributed by atoms with E-state index >= 15 is 0 Å². The van der Waals surface area contributed by atoms with Gasteiger partial charge in [-0.25, -0.2) is 0 Å². The van der Waals surface area contributed by atoms with Gasteiger partial charge in [-0.05, 0) is 74.9 Å². The zero-order chi connectivity index (χ0) is 15.9. The van der Waals surface area contributed by atoms with Crippen molar-refractivity contribution in [3.05, 3.63) is 29.3 Å². The van der Waals surface area contributed by atoms with Crippen LogP contribution in [-0.4, -0.2) is 31.1 Å². The summed E-state index contributed by atoms with van der Waals surface area (Å²) in [6.45, 7) is 4.35. The lowest BCUT2D eigenvalue weighted by molar-refractivity contribution is 0.00270. The quantitative estimate of drug-likeness (QED) is 0.756. The average Bonchev–Trinajstić information content (AvgIpc) is 2.59. The van der Waals surface area contributed by atoms with Crippen molar-refractivity contribution in [1.82, 2.24) is 4.90 Å². The number of benzene rings is 1. The summed E-state index contributed by atoms with van der Waals surface area (Å²) in [6, 6.07) is 7.77. The second-order valence-corrected chi connectivity index (χ2v) is 8.03. The molecule has 3 atom stereocenters. The number of piperidine rings is 1. The van der Waals surface area contributed by atoms with Crippen LogP contribution in [0.4, 0.5) is 0 Å². The van der Waals surface area contributed by atoms with E-state index in [-0.39, 0.29) is 0 Å². The predicted molar refractivity (Wildman–Crippen MR) is 95.2 cm³/mol. The molecule has 2 fully saturated rings. The first kappa shape index (κ1) is 15.5. The van der Waals surface area contributed by atoms with E-state index in [0.717, 1.165) is 30.7 Å². The van der Waals surface area contributed by atoms with Crippen LogP contribution < -0.4 is 4.74 Å². The van der Waals surface area contributed by atoms with Crippen LogP contribution in [-0.2, 0) is 11.8 Å². The molecule has 0 N–H and O–H groups in total. The molecule has 2 aliphatic carbocycles. The van der Waals surface area contributed by atoms with Crippen molar-refractivity contribution < 1.29 is 4.74 Å². The third-order valence-corrected chi connectivity index (χ3v) is 6.85.